The number of rotatable bonds is 5. The van der Waals surface area contributed by atoms with Crippen LogP contribution in [0.25, 0.3) is 33.7 Å². The Hall–Kier alpha value is -3.18. The molecule has 3 aromatic rings. The monoisotopic (exact) mass is 496 g/mol. The van der Waals surface area contributed by atoms with Gasteiger partial charge in [-0.2, -0.15) is 0 Å². The van der Waals surface area contributed by atoms with Gasteiger partial charge >= 0.3 is 0 Å². The first kappa shape index (κ1) is 25.5. The molecule has 8 bridgehead atoms. The number of fused-ring (bicyclic) bond motifs is 8. The predicted molar refractivity (Wildman–Crippen MR) is 155 cm³/mol. The van der Waals surface area contributed by atoms with Crippen LogP contribution in [0.15, 0.2) is 18.2 Å². The lowest BCUT2D eigenvalue weighted by Gasteiger charge is -2.16. The van der Waals surface area contributed by atoms with Gasteiger partial charge < -0.3 is 15.1 Å². The summed E-state index contributed by atoms with van der Waals surface area (Å²) in [5, 5.41) is 9.60. The van der Waals surface area contributed by atoms with E-state index in [-0.39, 0.29) is 18.4 Å². The topological polar surface area (TPSA) is 77.6 Å². The van der Waals surface area contributed by atoms with Crippen molar-refractivity contribution in [3.05, 3.63) is 68.8 Å². The zero-order valence-corrected chi connectivity index (χ0v) is 23.3. The summed E-state index contributed by atoms with van der Waals surface area (Å²) in [4.78, 5) is 17.8. The van der Waals surface area contributed by atoms with E-state index in [0.29, 0.717) is 0 Å². The summed E-state index contributed by atoms with van der Waals surface area (Å²) in [6.45, 7) is 15.7. The molecular weight excluding hydrogens is 456 g/mol. The van der Waals surface area contributed by atoms with E-state index in [1.54, 1.807) is 0 Å². The molecule has 0 aromatic carbocycles. The van der Waals surface area contributed by atoms with E-state index < -0.39 is 0 Å². The summed E-state index contributed by atoms with van der Waals surface area (Å²) in [5.74, 6) is 0.541. The SMILES string of the molecule is CCc1c(C)c2cc3[nH]c(cc4nc(c(C)c5nc(cc1[nH]2)C(C)=C5)[C@@H](CCCO)[C@@H]4C)c(C)c3CC. The molecule has 5 heteroatoms. The van der Waals surface area contributed by atoms with Crippen molar-refractivity contribution in [2.75, 3.05) is 6.61 Å². The largest absolute Gasteiger partial charge is 0.396 e. The maximum absolute atomic E-state index is 9.60. The van der Waals surface area contributed by atoms with Crippen LogP contribution >= 0.6 is 0 Å². The van der Waals surface area contributed by atoms with Gasteiger partial charge in [-0.1, -0.05) is 20.8 Å². The van der Waals surface area contributed by atoms with Crippen LogP contribution in [0.1, 0.15) is 103 Å². The number of aromatic nitrogens is 4. The molecule has 2 atom stereocenters. The third-order valence-electron chi connectivity index (χ3n) is 8.58. The van der Waals surface area contributed by atoms with Crippen LogP contribution in [0.5, 0.6) is 0 Å². The van der Waals surface area contributed by atoms with Gasteiger partial charge in [0.1, 0.15) is 0 Å². The molecule has 5 rings (SSSR count). The zero-order chi connectivity index (χ0) is 26.4. The molecule has 2 aliphatic rings. The molecule has 5 nitrogen and oxygen atoms in total. The van der Waals surface area contributed by atoms with Gasteiger partial charge in [0.25, 0.3) is 0 Å². The fourth-order valence-corrected chi connectivity index (χ4v) is 6.22. The molecule has 0 amide bonds. The molecule has 0 radical (unpaired) electrons. The maximum Gasteiger partial charge on any atom is 0.0687 e. The normalized spacial score (nSPS) is 17.4. The van der Waals surface area contributed by atoms with Crippen molar-refractivity contribution in [1.29, 1.82) is 0 Å². The molecule has 5 heterocycles. The third kappa shape index (κ3) is 4.33. The second-order valence-electron chi connectivity index (χ2n) is 10.8. The molecule has 0 fully saturated rings. The molecule has 0 saturated carbocycles. The molecule has 194 valence electrons. The molecule has 0 saturated heterocycles. The van der Waals surface area contributed by atoms with Gasteiger partial charge in [-0.3, -0.25) is 4.98 Å². The van der Waals surface area contributed by atoms with Crippen molar-refractivity contribution < 1.29 is 5.11 Å². The Morgan fingerprint density at radius 3 is 2.05 bits per heavy atom. The molecule has 0 unspecified atom stereocenters. The molecular formula is C32H40N4O. The standard InChI is InChI=1S/C32H40N4O/c1-8-22-19(5)28-16-31-23(9-2)18(4)27(34-31)15-29-20(6)24(11-10-12-37)32(36-29)21(7)26-13-17(3)25(33-26)14-30(22)35-28/h13-16,20,24,34-35,37H,8-12H2,1-7H3/t20-,24-/m0/s1. The Bertz CT molecular complexity index is 1550. The average molecular weight is 497 g/mol. The Balaban J connectivity index is 1.93. The Morgan fingerprint density at radius 2 is 1.43 bits per heavy atom. The van der Waals surface area contributed by atoms with Crippen molar-refractivity contribution in [2.24, 2.45) is 0 Å². The first-order valence-corrected chi connectivity index (χ1v) is 13.8. The number of H-pyrrole nitrogens is 2. The second kappa shape index (κ2) is 9.94. The summed E-state index contributed by atoms with van der Waals surface area (Å²) < 4.78 is 0. The number of aryl methyl sites for hydroxylation is 4. The van der Waals surface area contributed by atoms with Crippen LogP contribution < -0.4 is 0 Å². The lowest BCUT2D eigenvalue weighted by atomic mass is 9.86. The maximum atomic E-state index is 9.60. The highest BCUT2D eigenvalue weighted by atomic mass is 16.2. The number of allylic oxidation sites excluding steroid dienone is 1. The first-order chi connectivity index (χ1) is 17.8. The predicted octanol–water partition coefficient (Wildman–Crippen LogP) is 7.59. The van der Waals surface area contributed by atoms with Gasteiger partial charge in [0, 0.05) is 51.9 Å². The molecule has 3 N–H and O–H groups in total. The van der Waals surface area contributed by atoms with Crippen LogP contribution in [-0.2, 0) is 12.8 Å². The van der Waals surface area contributed by atoms with Gasteiger partial charge in [0.2, 0.25) is 0 Å². The number of aliphatic hydroxyl groups excluding tert-OH is 1. The van der Waals surface area contributed by atoms with E-state index in [9.17, 15) is 5.11 Å². The van der Waals surface area contributed by atoms with E-state index in [2.05, 4.69) is 82.7 Å². The highest BCUT2D eigenvalue weighted by Gasteiger charge is 2.30. The number of nitrogens with zero attached hydrogens (tertiary/aromatic N) is 2. The minimum Gasteiger partial charge on any atom is -0.396 e. The van der Waals surface area contributed by atoms with Gasteiger partial charge in [0.05, 0.1) is 11.4 Å². The van der Waals surface area contributed by atoms with Gasteiger partial charge in [0.15, 0.2) is 0 Å². The van der Waals surface area contributed by atoms with Crippen LogP contribution in [0.3, 0.4) is 0 Å². The summed E-state index contributed by atoms with van der Waals surface area (Å²) >= 11 is 0. The quantitative estimate of drug-likeness (QED) is 0.341. The molecule has 0 aliphatic carbocycles. The minimum absolute atomic E-state index is 0.202. The molecule has 37 heavy (non-hydrogen) atoms. The summed E-state index contributed by atoms with van der Waals surface area (Å²) in [6, 6.07) is 6.74. The first-order valence-electron chi connectivity index (χ1n) is 13.8. The van der Waals surface area contributed by atoms with E-state index in [1.807, 2.05) is 0 Å². The summed E-state index contributed by atoms with van der Waals surface area (Å²) in [5.41, 5.74) is 16.4. The molecule has 3 aromatic heterocycles. The van der Waals surface area contributed by atoms with Crippen molar-refractivity contribution in [3.8, 4) is 0 Å². The third-order valence-corrected chi connectivity index (χ3v) is 8.58. The number of hydrogen-bond acceptors (Lipinski definition) is 3. The van der Waals surface area contributed by atoms with Gasteiger partial charge in [-0.05, 0) is 111 Å². The van der Waals surface area contributed by atoms with E-state index in [4.69, 9.17) is 9.97 Å². The van der Waals surface area contributed by atoms with E-state index >= 15 is 0 Å². The summed E-state index contributed by atoms with van der Waals surface area (Å²) in [7, 11) is 0. The van der Waals surface area contributed by atoms with E-state index in [1.165, 1.54) is 27.8 Å². The van der Waals surface area contributed by atoms with Crippen molar-refractivity contribution >= 4 is 33.7 Å². The van der Waals surface area contributed by atoms with Crippen LogP contribution in [0, 0.1) is 20.8 Å². The number of aliphatic hydroxyl groups is 1. The summed E-state index contributed by atoms with van der Waals surface area (Å²) in [6.07, 6.45) is 5.81. The fraction of sp³-hybridized carbons (Fsp3) is 0.438. The molecule has 0 spiro atoms. The second-order valence-corrected chi connectivity index (χ2v) is 10.8. The number of hydrogen-bond donors (Lipinski definition) is 3. The Labute approximate surface area is 220 Å². The highest BCUT2D eigenvalue weighted by molar-refractivity contribution is 5.85. The Kier molecular flexibility index (Phi) is 6.84. The smallest absolute Gasteiger partial charge is 0.0687 e. The lowest BCUT2D eigenvalue weighted by Crippen LogP contribution is -2.05. The highest BCUT2D eigenvalue weighted by Crippen LogP contribution is 2.42. The van der Waals surface area contributed by atoms with Crippen LogP contribution in [0.2, 0.25) is 0 Å². The van der Waals surface area contributed by atoms with Crippen LogP contribution in [-0.4, -0.2) is 31.6 Å². The average Bonchev–Trinajstić information content (AvgIpc) is 3.57. The minimum atomic E-state index is 0.202. The van der Waals surface area contributed by atoms with E-state index in [0.717, 1.165) is 76.1 Å². The van der Waals surface area contributed by atoms with Crippen molar-refractivity contribution in [1.82, 2.24) is 19.9 Å². The van der Waals surface area contributed by atoms with Crippen molar-refractivity contribution in [3.63, 3.8) is 0 Å². The van der Waals surface area contributed by atoms with Gasteiger partial charge in [-0.15, -0.1) is 0 Å². The zero-order valence-electron chi connectivity index (χ0n) is 23.3. The fourth-order valence-electron chi connectivity index (χ4n) is 6.22. The molecule has 2 aliphatic heterocycles. The number of aromatic amines is 2. The van der Waals surface area contributed by atoms with Crippen LogP contribution in [0.4, 0.5) is 0 Å². The number of nitrogens with one attached hydrogen (secondary N) is 2. The van der Waals surface area contributed by atoms with Gasteiger partial charge in [-0.25, -0.2) is 4.98 Å². The lowest BCUT2D eigenvalue weighted by molar-refractivity contribution is 0.277. The Morgan fingerprint density at radius 1 is 0.811 bits per heavy atom. The van der Waals surface area contributed by atoms with Crippen molar-refractivity contribution in [2.45, 2.75) is 86.0 Å².